The number of ketones is 1. The van der Waals surface area contributed by atoms with Crippen LogP contribution in [0.4, 0.5) is 0 Å². The molecule has 0 fully saturated rings. The lowest BCUT2D eigenvalue weighted by atomic mass is 10.1. The second-order valence-corrected chi connectivity index (χ2v) is 4.29. The first-order chi connectivity index (χ1) is 7.72. The van der Waals surface area contributed by atoms with Crippen LogP contribution < -0.4 is 4.74 Å². The summed E-state index contributed by atoms with van der Waals surface area (Å²) in [4.78, 5) is 12.0. The minimum absolute atomic E-state index is 0.123. The van der Waals surface area contributed by atoms with Crippen molar-refractivity contribution >= 4 is 21.7 Å². The monoisotopic (exact) mass is 282 g/mol. The molecule has 0 unspecified atom stereocenters. The van der Waals surface area contributed by atoms with E-state index in [0.717, 1.165) is 10.9 Å². The Balaban J connectivity index is 2.35. The first-order valence-electron chi connectivity index (χ1n) is 4.93. The molecule has 1 aliphatic heterocycles. The quantitative estimate of drug-likeness (QED) is 0.800. The minimum Gasteiger partial charge on any atom is -0.496 e. The van der Waals surface area contributed by atoms with Gasteiger partial charge in [-0.3, -0.25) is 4.79 Å². The summed E-state index contributed by atoms with van der Waals surface area (Å²) >= 11 is 3.33. The topological polar surface area (TPSA) is 35.5 Å². The second kappa shape index (κ2) is 4.70. The number of allylic oxidation sites excluding steroid dienone is 1. The molecular weight excluding hydrogens is 272 g/mol. The molecule has 0 amide bonds. The molecule has 0 aromatic heterocycles. The van der Waals surface area contributed by atoms with Crippen molar-refractivity contribution in [3.8, 4) is 5.75 Å². The lowest BCUT2D eigenvalue weighted by Gasteiger charge is -2.08. The Bertz CT molecular complexity index is 452. The summed E-state index contributed by atoms with van der Waals surface area (Å²) in [6.07, 6.45) is 2.60. The number of rotatable bonds is 3. The first kappa shape index (κ1) is 11.2. The van der Waals surface area contributed by atoms with Crippen molar-refractivity contribution in [1.29, 1.82) is 0 Å². The average molecular weight is 283 g/mol. The van der Waals surface area contributed by atoms with Crippen molar-refractivity contribution in [1.82, 2.24) is 0 Å². The second-order valence-electron chi connectivity index (χ2n) is 3.38. The van der Waals surface area contributed by atoms with E-state index in [9.17, 15) is 4.79 Å². The SMILES string of the molecule is COc1cc(Br)ccc1C(=O)C1=CCCO1. The van der Waals surface area contributed by atoms with Gasteiger partial charge in [-0.05, 0) is 24.3 Å². The molecule has 0 bridgehead atoms. The van der Waals surface area contributed by atoms with E-state index in [1.54, 1.807) is 19.2 Å². The van der Waals surface area contributed by atoms with Crippen molar-refractivity contribution in [3.05, 3.63) is 40.1 Å². The van der Waals surface area contributed by atoms with Crippen molar-refractivity contribution in [2.24, 2.45) is 0 Å². The fourth-order valence-corrected chi connectivity index (χ4v) is 1.90. The van der Waals surface area contributed by atoms with Crippen LogP contribution in [0.2, 0.25) is 0 Å². The van der Waals surface area contributed by atoms with E-state index < -0.39 is 0 Å². The summed E-state index contributed by atoms with van der Waals surface area (Å²) < 4.78 is 11.3. The van der Waals surface area contributed by atoms with Crippen molar-refractivity contribution in [3.63, 3.8) is 0 Å². The molecule has 0 spiro atoms. The van der Waals surface area contributed by atoms with Gasteiger partial charge in [0.15, 0.2) is 5.76 Å². The Morgan fingerprint density at radius 2 is 2.31 bits per heavy atom. The largest absolute Gasteiger partial charge is 0.496 e. The van der Waals surface area contributed by atoms with E-state index in [4.69, 9.17) is 9.47 Å². The van der Waals surface area contributed by atoms with E-state index >= 15 is 0 Å². The molecule has 0 atom stereocenters. The summed E-state index contributed by atoms with van der Waals surface area (Å²) in [5.41, 5.74) is 0.527. The normalized spacial score (nSPS) is 14.2. The molecule has 3 nitrogen and oxygen atoms in total. The number of carbonyl (C=O) groups excluding carboxylic acids is 1. The predicted octanol–water partition coefficient (Wildman–Crippen LogP) is 2.94. The smallest absolute Gasteiger partial charge is 0.230 e. The van der Waals surface area contributed by atoms with Crippen molar-refractivity contribution in [2.75, 3.05) is 13.7 Å². The molecule has 0 saturated heterocycles. The van der Waals surface area contributed by atoms with Gasteiger partial charge >= 0.3 is 0 Å². The zero-order valence-electron chi connectivity index (χ0n) is 8.83. The average Bonchev–Trinajstić information content (AvgIpc) is 2.81. The third kappa shape index (κ3) is 2.11. The molecule has 1 aromatic rings. The van der Waals surface area contributed by atoms with Crippen LogP contribution in [0.5, 0.6) is 5.75 Å². The molecule has 1 aromatic carbocycles. The number of methoxy groups -OCH3 is 1. The van der Waals surface area contributed by atoms with Crippen LogP contribution in [0.15, 0.2) is 34.5 Å². The van der Waals surface area contributed by atoms with E-state index in [0.29, 0.717) is 23.7 Å². The van der Waals surface area contributed by atoms with Crippen LogP contribution in [0.25, 0.3) is 0 Å². The first-order valence-corrected chi connectivity index (χ1v) is 5.73. The van der Waals surface area contributed by atoms with Gasteiger partial charge in [0.05, 0.1) is 19.3 Å². The number of hydrogen-bond donors (Lipinski definition) is 0. The van der Waals surface area contributed by atoms with Gasteiger partial charge in [-0.15, -0.1) is 0 Å². The number of halogens is 1. The van der Waals surface area contributed by atoms with Crippen molar-refractivity contribution < 1.29 is 14.3 Å². The summed E-state index contributed by atoms with van der Waals surface area (Å²) in [6, 6.07) is 5.31. The molecular formula is C12H11BrO3. The molecule has 0 saturated carbocycles. The van der Waals surface area contributed by atoms with Crippen LogP contribution in [0.1, 0.15) is 16.8 Å². The van der Waals surface area contributed by atoms with Gasteiger partial charge in [0.1, 0.15) is 5.75 Å². The Morgan fingerprint density at radius 3 is 2.94 bits per heavy atom. The fraction of sp³-hybridized carbons (Fsp3) is 0.250. The highest BCUT2D eigenvalue weighted by molar-refractivity contribution is 9.10. The lowest BCUT2D eigenvalue weighted by Crippen LogP contribution is -2.06. The Morgan fingerprint density at radius 1 is 1.50 bits per heavy atom. The van der Waals surface area contributed by atoms with Gasteiger partial charge in [-0.1, -0.05) is 15.9 Å². The van der Waals surface area contributed by atoms with Crippen LogP contribution in [0, 0.1) is 0 Å². The maximum absolute atomic E-state index is 12.0. The molecule has 0 aliphatic carbocycles. The molecule has 0 N–H and O–H groups in total. The third-order valence-corrected chi connectivity index (χ3v) is 2.83. The number of carbonyl (C=O) groups is 1. The molecule has 16 heavy (non-hydrogen) atoms. The summed E-state index contributed by atoms with van der Waals surface area (Å²) in [6.45, 7) is 0.583. The fourth-order valence-electron chi connectivity index (χ4n) is 1.56. The molecule has 2 rings (SSSR count). The summed E-state index contributed by atoms with van der Waals surface area (Å²) in [7, 11) is 1.54. The van der Waals surface area contributed by atoms with Crippen LogP contribution in [-0.2, 0) is 4.74 Å². The van der Waals surface area contributed by atoms with E-state index in [1.807, 2.05) is 12.1 Å². The van der Waals surface area contributed by atoms with Crippen LogP contribution in [-0.4, -0.2) is 19.5 Å². The van der Waals surface area contributed by atoms with E-state index in [2.05, 4.69) is 15.9 Å². The molecule has 4 heteroatoms. The highest BCUT2D eigenvalue weighted by atomic mass is 79.9. The maximum atomic E-state index is 12.0. The van der Waals surface area contributed by atoms with Crippen LogP contribution in [0.3, 0.4) is 0 Å². The Labute approximate surface area is 102 Å². The molecule has 0 radical (unpaired) electrons. The number of Topliss-reactive ketones (excluding diaryl/α,β-unsaturated/α-hetero) is 1. The number of hydrogen-bond acceptors (Lipinski definition) is 3. The summed E-state index contributed by atoms with van der Waals surface area (Å²) in [5.74, 6) is 0.846. The highest BCUT2D eigenvalue weighted by Gasteiger charge is 2.20. The predicted molar refractivity (Wildman–Crippen MR) is 63.7 cm³/mol. The number of benzene rings is 1. The van der Waals surface area contributed by atoms with Crippen LogP contribution >= 0.6 is 15.9 Å². The van der Waals surface area contributed by atoms with Gasteiger partial charge in [0, 0.05) is 10.9 Å². The standard InChI is InChI=1S/C12H11BrO3/c1-15-11-7-8(13)4-5-9(11)12(14)10-3-2-6-16-10/h3-5,7H,2,6H2,1H3. The minimum atomic E-state index is -0.123. The van der Waals surface area contributed by atoms with Gasteiger partial charge in [-0.2, -0.15) is 0 Å². The van der Waals surface area contributed by atoms with Crippen molar-refractivity contribution in [2.45, 2.75) is 6.42 Å². The Hall–Kier alpha value is -1.29. The molecule has 1 aliphatic rings. The number of ether oxygens (including phenoxy) is 2. The third-order valence-electron chi connectivity index (χ3n) is 2.34. The molecule has 84 valence electrons. The van der Waals surface area contributed by atoms with Gasteiger partial charge in [0.25, 0.3) is 0 Å². The zero-order valence-corrected chi connectivity index (χ0v) is 10.4. The maximum Gasteiger partial charge on any atom is 0.230 e. The van der Waals surface area contributed by atoms with Gasteiger partial charge in [-0.25, -0.2) is 0 Å². The zero-order chi connectivity index (χ0) is 11.5. The van der Waals surface area contributed by atoms with E-state index in [-0.39, 0.29) is 5.78 Å². The van der Waals surface area contributed by atoms with Gasteiger partial charge in [0.2, 0.25) is 5.78 Å². The van der Waals surface area contributed by atoms with E-state index in [1.165, 1.54) is 0 Å². The highest BCUT2D eigenvalue weighted by Crippen LogP contribution is 2.27. The Kier molecular flexibility index (Phi) is 3.29. The lowest BCUT2D eigenvalue weighted by molar-refractivity contribution is 0.0939. The molecule has 1 heterocycles. The van der Waals surface area contributed by atoms with Gasteiger partial charge < -0.3 is 9.47 Å². The summed E-state index contributed by atoms with van der Waals surface area (Å²) in [5, 5.41) is 0.